The third-order valence-electron chi connectivity index (χ3n) is 1.86. The minimum absolute atomic E-state index is 0.0440. The number of hydrogen-bond acceptors (Lipinski definition) is 2. The molecule has 1 amide bonds. The molecular weight excluding hydrogens is 142 g/mol. The van der Waals surface area contributed by atoms with Gasteiger partial charge in [-0.25, -0.2) is 4.79 Å². The van der Waals surface area contributed by atoms with E-state index in [9.17, 15) is 4.79 Å². The second-order valence-electron chi connectivity index (χ2n) is 2.44. The molecule has 0 aromatic carbocycles. The van der Waals surface area contributed by atoms with E-state index in [0.29, 0.717) is 0 Å². The molecule has 0 radical (unpaired) electrons. The van der Waals surface area contributed by atoms with E-state index in [2.05, 4.69) is 0 Å². The van der Waals surface area contributed by atoms with E-state index >= 15 is 0 Å². The number of ether oxygens (including phenoxy) is 1. The lowest BCUT2D eigenvalue weighted by atomic mass is 10.2. The molecule has 66 valence electrons. The molecule has 0 aromatic heterocycles. The summed E-state index contributed by atoms with van der Waals surface area (Å²) in [7, 11) is 1.75. The molecule has 2 atom stereocenters. The van der Waals surface area contributed by atoms with Crippen LogP contribution in [-0.2, 0) is 4.74 Å². The minimum atomic E-state index is -0.213. The summed E-state index contributed by atoms with van der Waals surface area (Å²) >= 11 is 0. The Labute approximate surface area is 68.3 Å². The summed E-state index contributed by atoms with van der Waals surface area (Å²) in [4.78, 5) is 12.3. The van der Waals surface area contributed by atoms with Crippen LogP contribution in [-0.4, -0.2) is 30.2 Å². The highest BCUT2D eigenvalue weighted by Crippen LogP contribution is 2.15. The van der Waals surface area contributed by atoms with Gasteiger partial charge in [0, 0.05) is 7.05 Å². The van der Waals surface area contributed by atoms with Crippen LogP contribution in [0.5, 0.6) is 0 Å². The van der Waals surface area contributed by atoms with Gasteiger partial charge in [0.25, 0.3) is 0 Å². The summed E-state index contributed by atoms with van der Waals surface area (Å²) in [6.45, 7) is 7.86. The van der Waals surface area contributed by atoms with E-state index in [1.807, 2.05) is 27.7 Å². The fraction of sp³-hybridized carbons (Fsp3) is 0.875. The molecule has 1 aliphatic rings. The Balaban J connectivity index is 0.000000461. The molecule has 1 saturated heterocycles. The van der Waals surface area contributed by atoms with Crippen molar-refractivity contribution in [1.29, 1.82) is 0 Å². The molecule has 0 saturated carbocycles. The van der Waals surface area contributed by atoms with Crippen molar-refractivity contribution in [1.82, 2.24) is 4.90 Å². The fourth-order valence-corrected chi connectivity index (χ4v) is 0.822. The predicted molar refractivity (Wildman–Crippen MR) is 44.5 cm³/mol. The highest BCUT2D eigenvalue weighted by Gasteiger charge is 2.32. The number of rotatable bonds is 0. The van der Waals surface area contributed by atoms with Gasteiger partial charge in [-0.2, -0.15) is 0 Å². The normalized spacial score (nSPS) is 29.2. The van der Waals surface area contributed by atoms with Crippen molar-refractivity contribution >= 4 is 6.09 Å². The Hall–Kier alpha value is -0.730. The van der Waals surface area contributed by atoms with Crippen LogP contribution in [0.25, 0.3) is 0 Å². The number of hydrogen-bond donors (Lipinski definition) is 0. The first-order chi connectivity index (χ1) is 5.13. The fourth-order valence-electron chi connectivity index (χ4n) is 0.822. The summed E-state index contributed by atoms with van der Waals surface area (Å²) in [5, 5.41) is 0. The first-order valence-corrected chi connectivity index (χ1v) is 4.06. The van der Waals surface area contributed by atoms with Crippen LogP contribution in [0.4, 0.5) is 4.79 Å². The van der Waals surface area contributed by atoms with Gasteiger partial charge in [0.15, 0.2) is 0 Å². The monoisotopic (exact) mass is 159 g/mol. The molecule has 2 unspecified atom stereocenters. The molecule has 1 aliphatic heterocycles. The molecule has 0 aromatic rings. The molecule has 1 heterocycles. The van der Waals surface area contributed by atoms with Crippen molar-refractivity contribution in [3.05, 3.63) is 0 Å². The van der Waals surface area contributed by atoms with Crippen LogP contribution in [0.2, 0.25) is 0 Å². The third-order valence-corrected chi connectivity index (χ3v) is 1.86. The second-order valence-corrected chi connectivity index (χ2v) is 2.44. The Morgan fingerprint density at radius 3 is 1.91 bits per heavy atom. The topological polar surface area (TPSA) is 29.5 Å². The van der Waals surface area contributed by atoms with Crippen molar-refractivity contribution in [3.8, 4) is 0 Å². The van der Waals surface area contributed by atoms with Gasteiger partial charge in [-0.1, -0.05) is 13.8 Å². The molecular formula is C8H17NO2. The van der Waals surface area contributed by atoms with Gasteiger partial charge >= 0.3 is 6.09 Å². The molecule has 0 N–H and O–H groups in total. The van der Waals surface area contributed by atoms with E-state index < -0.39 is 0 Å². The summed E-state index contributed by atoms with van der Waals surface area (Å²) in [5.41, 5.74) is 0. The van der Waals surface area contributed by atoms with E-state index in [1.165, 1.54) is 0 Å². The number of likely N-dealkylation sites (N-methyl/N-ethyl adjacent to an activating group) is 1. The smallest absolute Gasteiger partial charge is 0.410 e. The van der Waals surface area contributed by atoms with Crippen LogP contribution in [0, 0.1) is 0 Å². The van der Waals surface area contributed by atoms with Crippen LogP contribution in [0.15, 0.2) is 0 Å². The Morgan fingerprint density at radius 1 is 1.36 bits per heavy atom. The Morgan fingerprint density at radius 2 is 1.82 bits per heavy atom. The Kier molecular flexibility index (Phi) is 3.93. The standard InChI is InChI=1S/C6H11NO2.C2H6/c1-4-5(2)9-6(8)7(4)3;1-2/h4-5H,1-3H3;1-2H3. The van der Waals surface area contributed by atoms with Gasteiger partial charge in [-0.3, -0.25) is 0 Å². The molecule has 0 bridgehead atoms. The average Bonchev–Trinajstić information content (AvgIpc) is 2.22. The molecule has 3 heteroatoms. The van der Waals surface area contributed by atoms with E-state index in [1.54, 1.807) is 11.9 Å². The lowest BCUT2D eigenvalue weighted by Crippen LogP contribution is -2.28. The third kappa shape index (κ3) is 2.10. The zero-order valence-corrected chi connectivity index (χ0v) is 7.92. The molecule has 3 nitrogen and oxygen atoms in total. The lowest BCUT2D eigenvalue weighted by Gasteiger charge is -2.11. The Bertz CT molecular complexity index is 136. The maximum Gasteiger partial charge on any atom is 0.410 e. The van der Waals surface area contributed by atoms with Crippen LogP contribution >= 0.6 is 0 Å². The van der Waals surface area contributed by atoms with Crippen molar-refractivity contribution in [2.45, 2.75) is 39.8 Å². The van der Waals surface area contributed by atoms with E-state index in [-0.39, 0.29) is 18.2 Å². The SMILES string of the molecule is CC.CC1OC(=O)N(C)C1C. The lowest BCUT2D eigenvalue weighted by molar-refractivity contribution is 0.139. The van der Waals surface area contributed by atoms with Crippen molar-refractivity contribution in [2.24, 2.45) is 0 Å². The average molecular weight is 159 g/mol. The molecule has 1 fully saturated rings. The van der Waals surface area contributed by atoms with Gasteiger partial charge in [-0.05, 0) is 13.8 Å². The summed E-state index contributed by atoms with van der Waals surface area (Å²) in [6, 6.07) is 0.220. The zero-order valence-electron chi connectivity index (χ0n) is 7.92. The molecule has 11 heavy (non-hydrogen) atoms. The molecule has 0 spiro atoms. The number of carbonyl (C=O) groups excluding carboxylic acids is 1. The van der Waals surface area contributed by atoms with Crippen LogP contribution in [0.3, 0.4) is 0 Å². The number of carbonyl (C=O) groups is 1. The largest absolute Gasteiger partial charge is 0.444 e. The number of nitrogens with zero attached hydrogens (tertiary/aromatic N) is 1. The first-order valence-electron chi connectivity index (χ1n) is 4.06. The highest BCUT2D eigenvalue weighted by molar-refractivity contribution is 5.70. The first kappa shape index (κ1) is 10.3. The van der Waals surface area contributed by atoms with Crippen molar-refractivity contribution in [2.75, 3.05) is 7.05 Å². The van der Waals surface area contributed by atoms with Gasteiger partial charge < -0.3 is 9.64 Å². The van der Waals surface area contributed by atoms with Crippen LogP contribution in [0.1, 0.15) is 27.7 Å². The van der Waals surface area contributed by atoms with Gasteiger partial charge in [0.05, 0.1) is 6.04 Å². The van der Waals surface area contributed by atoms with Crippen molar-refractivity contribution in [3.63, 3.8) is 0 Å². The highest BCUT2D eigenvalue weighted by atomic mass is 16.6. The number of cyclic esters (lactones) is 1. The predicted octanol–water partition coefficient (Wildman–Crippen LogP) is 1.87. The summed E-state index contributed by atoms with van der Waals surface area (Å²) in [6.07, 6.45) is -0.169. The number of amides is 1. The maximum absolute atomic E-state index is 10.7. The second kappa shape index (κ2) is 4.21. The van der Waals surface area contributed by atoms with E-state index in [4.69, 9.17) is 4.74 Å². The molecule has 0 aliphatic carbocycles. The summed E-state index contributed by atoms with van der Waals surface area (Å²) in [5.74, 6) is 0. The van der Waals surface area contributed by atoms with Gasteiger partial charge in [0.2, 0.25) is 0 Å². The quantitative estimate of drug-likeness (QED) is 0.540. The van der Waals surface area contributed by atoms with Gasteiger partial charge in [-0.15, -0.1) is 0 Å². The van der Waals surface area contributed by atoms with Crippen LogP contribution < -0.4 is 0 Å². The maximum atomic E-state index is 10.7. The van der Waals surface area contributed by atoms with Gasteiger partial charge in [0.1, 0.15) is 6.10 Å². The zero-order chi connectivity index (χ0) is 9.02. The molecule has 1 rings (SSSR count). The van der Waals surface area contributed by atoms with E-state index in [0.717, 1.165) is 0 Å². The summed E-state index contributed by atoms with van der Waals surface area (Å²) < 4.78 is 4.87. The van der Waals surface area contributed by atoms with Crippen molar-refractivity contribution < 1.29 is 9.53 Å². The minimum Gasteiger partial charge on any atom is -0.444 e.